The van der Waals surface area contributed by atoms with Gasteiger partial charge in [0, 0.05) is 17.5 Å². The molecule has 8 nitrogen and oxygen atoms in total. The van der Waals surface area contributed by atoms with Crippen molar-refractivity contribution in [3.8, 4) is 0 Å². The first-order valence-electron chi connectivity index (χ1n) is 8.56. The number of rotatable bonds is 4. The number of carbonyl (C=O) groups excluding carboxylic acids is 1. The summed E-state index contributed by atoms with van der Waals surface area (Å²) in [6.07, 6.45) is 7.81. The summed E-state index contributed by atoms with van der Waals surface area (Å²) in [5, 5.41) is 11.5. The van der Waals surface area contributed by atoms with Gasteiger partial charge in [-0.1, -0.05) is 30.4 Å². The van der Waals surface area contributed by atoms with E-state index < -0.39 is 28.5 Å². The lowest BCUT2D eigenvalue weighted by Crippen LogP contribution is -2.41. The molecular formula is C20H15N3O5. The summed E-state index contributed by atoms with van der Waals surface area (Å²) < 4.78 is 5.43. The summed E-state index contributed by atoms with van der Waals surface area (Å²) in [5.74, 6) is -0.566. The van der Waals surface area contributed by atoms with E-state index in [0.717, 1.165) is 5.56 Å². The fraction of sp³-hybridized carbons (Fsp3) is 0.150. The molecule has 28 heavy (non-hydrogen) atoms. The third-order valence-electron chi connectivity index (χ3n) is 4.72. The van der Waals surface area contributed by atoms with E-state index in [1.807, 2.05) is 12.1 Å². The summed E-state index contributed by atoms with van der Waals surface area (Å²) in [5.41, 5.74) is 0.291. The molecule has 0 radical (unpaired) electrons. The Kier molecular flexibility index (Phi) is 4.23. The van der Waals surface area contributed by atoms with Crippen LogP contribution in [0.25, 0.3) is 11.0 Å². The van der Waals surface area contributed by atoms with Crippen LogP contribution in [0.15, 0.2) is 75.0 Å². The minimum absolute atomic E-state index is 0.0762. The van der Waals surface area contributed by atoms with Crippen LogP contribution in [0.3, 0.4) is 0 Å². The summed E-state index contributed by atoms with van der Waals surface area (Å²) >= 11 is 0. The fourth-order valence-electron chi connectivity index (χ4n) is 3.37. The van der Waals surface area contributed by atoms with Crippen LogP contribution in [0, 0.1) is 10.1 Å². The Bertz CT molecular complexity index is 1160. The Morgan fingerprint density at radius 3 is 3.00 bits per heavy atom. The van der Waals surface area contributed by atoms with Crippen molar-refractivity contribution in [2.24, 2.45) is 4.99 Å². The second-order valence-corrected chi connectivity index (χ2v) is 6.44. The van der Waals surface area contributed by atoms with E-state index in [-0.39, 0.29) is 11.3 Å². The highest BCUT2D eigenvalue weighted by atomic mass is 16.6. The number of para-hydroxylation sites is 1. The zero-order valence-corrected chi connectivity index (χ0v) is 14.6. The molecule has 2 atom stereocenters. The Morgan fingerprint density at radius 1 is 1.43 bits per heavy atom. The number of hydrogen-bond acceptors (Lipinski definition) is 6. The molecule has 0 saturated carbocycles. The summed E-state index contributed by atoms with van der Waals surface area (Å²) in [6, 6.07) is 5.84. The van der Waals surface area contributed by atoms with E-state index in [2.05, 4.69) is 11.6 Å². The van der Waals surface area contributed by atoms with Crippen LogP contribution in [-0.2, 0) is 6.42 Å². The van der Waals surface area contributed by atoms with Crippen molar-refractivity contribution in [3.63, 3.8) is 0 Å². The van der Waals surface area contributed by atoms with Crippen molar-refractivity contribution in [3.05, 3.63) is 92.5 Å². The van der Waals surface area contributed by atoms with Crippen molar-refractivity contribution >= 4 is 23.2 Å². The first-order chi connectivity index (χ1) is 13.5. The van der Waals surface area contributed by atoms with Crippen LogP contribution in [0.1, 0.15) is 15.9 Å². The van der Waals surface area contributed by atoms with Gasteiger partial charge in [-0.05, 0) is 18.1 Å². The maximum atomic E-state index is 13.0. The second kappa shape index (κ2) is 6.73. The van der Waals surface area contributed by atoms with Crippen LogP contribution >= 0.6 is 0 Å². The first-order valence-corrected chi connectivity index (χ1v) is 8.56. The number of amides is 1. The highest BCUT2D eigenvalue weighted by Crippen LogP contribution is 2.25. The number of nitrogens with zero attached hydrogens (tertiary/aromatic N) is 3. The topological polar surface area (TPSA) is 106 Å². The van der Waals surface area contributed by atoms with Gasteiger partial charge in [0.15, 0.2) is 0 Å². The molecule has 2 heterocycles. The lowest BCUT2D eigenvalue weighted by Gasteiger charge is -2.23. The molecule has 1 aromatic heterocycles. The Labute approximate surface area is 158 Å². The number of allylic oxidation sites excluding steroid dienone is 2. The molecule has 2 aromatic rings. The molecule has 0 spiro atoms. The monoisotopic (exact) mass is 377 g/mol. The van der Waals surface area contributed by atoms with Crippen molar-refractivity contribution in [1.29, 1.82) is 0 Å². The first kappa shape index (κ1) is 17.6. The smallest absolute Gasteiger partial charge is 0.349 e. The molecule has 2 aliphatic rings. The lowest BCUT2D eigenvalue weighted by molar-refractivity contribution is -0.419. The molecule has 4 rings (SSSR count). The Hall–Kier alpha value is -3.81. The van der Waals surface area contributed by atoms with E-state index in [9.17, 15) is 19.7 Å². The van der Waals surface area contributed by atoms with Gasteiger partial charge in [-0.3, -0.25) is 24.8 Å². The highest BCUT2D eigenvalue weighted by Gasteiger charge is 2.37. The number of carbonyl (C=O) groups is 1. The van der Waals surface area contributed by atoms with Gasteiger partial charge in [0.1, 0.15) is 17.2 Å². The maximum absolute atomic E-state index is 13.0. The fourth-order valence-corrected chi connectivity index (χ4v) is 3.37. The van der Waals surface area contributed by atoms with E-state index >= 15 is 0 Å². The number of nitro groups is 1. The predicted octanol–water partition coefficient (Wildman–Crippen LogP) is 2.47. The van der Waals surface area contributed by atoms with Gasteiger partial charge in [-0.15, -0.1) is 6.58 Å². The third kappa shape index (κ3) is 2.84. The lowest BCUT2D eigenvalue weighted by atomic mass is 10.0. The molecule has 1 aromatic carbocycles. The van der Waals surface area contributed by atoms with Crippen molar-refractivity contribution in [2.45, 2.75) is 18.5 Å². The van der Waals surface area contributed by atoms with Gasteiger partial charge in [0.05, 0.1) is 17.3 Å². The summed E-state index contributed by atoms with van der Waals surface area (Å²) in [7, 11) is 0. The number of fused-ring (bicyclic) bond motifs is 2. The SMILES string of the molecule is C=CCc1cccc2cc(C(=O)N3C=NC4C=C([N+](=O)[O-])C=CC43)c(=O)oc12. The molecule has 0 saturated heterocycles. The molecule has 1 aliphatic heterocycles. The molecule has 140 valence electrons. The average Bonchev–Trinajstić information content (AvgIpc) is 3.11. The molecule has 0 bridgehead atoms. The maximum Gasteiger partial charge on any atom is 0.349 e. The van der Waals surface area contributed by atoms with Gasteiger partial charge < -0.3 is 4.42 Å². The van der Waals surface area contributed by atoms with E-state index in [0.29, 0.717) is 17.4 Å². The van der Waals surface area contributed by atoms with Crippen LogP contribution in [0.2, 0.25) is 0 Å². The predicted molar refractivity (Wildman–Crippen MR) is 103 cm³/mol. The van der Waals surface area contributed by atoms with Crippen LogP contribution in [0.5, 0.6) is 0 Å². The van der Waals surface area contributed by atoms with Crippen LogP contribution in [-0.4, -0.2) is 34.2 Å². The normalized spacial score (nSPS) is 20.1. The van der Waals surface area contributed by atoms with Crippen LogP contribution in [0.4, 0.5) is 0 Å². The van der Waals surface area contributed by atoms with Gasteiger partial charge in [-0.25, -0.2) is 4.79 Å². The number of aliphatic imine (C=N–C) groups is 1. The van der Waals surface area contributed by atoms with Crippen LogP contribution < -0.4 is 5.63 Å². The van der Waals surface area contributed by atoms with Gasteiger partial charge in [0.25, 0.3) is 11.6 Å². The Balaban J connectivity index is 1.69. The largest absolute Gasteiger partial charge is 0.422 e. The number of benzene rings is 1. The molecule has 2 unspecified atom stereocenters. The standard InChI is InChI=1S/C20H15N3O5/c1-2-4-12-5-3-6-13-9-15(20(25)28-18(12)13)19(24)22-11-21-16-10-14(23(26)27)7-8-17(16)22/h2-3,5-11,16-17H,1,4H2. The van der Waals surface area contributed by atoms with E-state index in [4.69, 9.17) is 4.42 Å². The van der Waals surface area contributed by atoms with E-state index in [1.54, 1.807) is 18.2 Å². The van der Waals surface area contributed by atoms with Crippen molar-refractivity contribution < 1.29 is 14.1 Å². The molecule has 1 aliphatic carbocycles. The molecular weight excluding hydrogens is 362 g/mol. The molecule has 0 fully saturated rings. The highest BCUT2D eigenvalue weighted by molar-refractivity contribution is 6.03. The second-order valence-electron chi connectivity index (χ2n) is 6.44. The Morgan fingerprint density at radius 2 is 2.25 bits per heavy atom. The molecule has 1 amide bonds. The minimum atomic E-state index is -0.743. The number of hydrogen-bond donors (Lipinski definition) is 0. The van der Waals surface area contributed by atoms with Gasteiger partial charge >= 0.3 is 5.63 Å². The van der Waals surface area contributed by atoms with Crippen molar-refractivity contribution in [1.82, 2.24) is 4.90 Å². The zero-order chi connectivity index (χ0) is 19.8. The quantitative estimate of drug-likeness (QED) is 0.352. The van der Waals surface area contributed by atoms with Gasteiger partial charge in [0.2, 0.25) is 0 Å². The zero-order valence-electron chi connectivity index (χ0n) is 14.6. The molecule has 8 heteroatoms. The minimum Gasteiger partial charge on any atom is -0.422 e. The third-order valence-corrected chi connectivity index (χ3v) is 4.72. The summed E-state index contributed by atoms with van der Waals surface area (Å²) in [4.78, 5) is 41.3. The summed E-state index contributed by atoms with van der Waals surface area (Å²) in [6.45, 7) is 3.69. The average molecular weight is 377 g/mol. The van der Waals surface area contributed by atoms with Gasteiger partial charge in [-0.2, -0.15) is 0 Å². The van der Waals surface area contributed by atoms with Crippen molar-refractivity contribution in [2.75, 3.05) is 0 Å². The molecule has 0 N–H and O–H groups in total. The van der Waals surface area contributed by atoms with E-state index in [1.165, 1.54) is 29.5 Å².